The Morgan fingerprint density at radius 3 is 1.90 bits per heavy atom. The largest absolute Gasteiger partial charge is 0.297 e. The lowest BCUT2D eigenvalue weighted by Gasteiger charge is -2.39. The molecular weight excluding hydrogens is 378 g/mol. The van der Waals surface area contributed by atoms with Gasteiger partial charge in [-0.25, -0.2) is 8.78 Å². The SMILES string of the molecule is Fc1ccc(/C=C/CN2CCN(C(c3ccccc3)c3ccc(F)cc3)CC2)cc1. The molecule has 0 radical (unpaired) electrons. The van der Waals surface area contributed by atoms with E-state index in [1.54, 1.807) is 24.3 Å². The van der Waals surface area contributed by atoms with E-state index in [2.05, 4.69) is 40.1 Å². The summed E-state index contributed by atoms with van der Waals surface area (Å²) >= 11 is 0. The van der Waals surface area contributed by atoms with Gasteiger partial charge < -0.3 is 0 Å². The topological polar surface area (TPSA) is 6.48 Å². The molecule has 0 bridgehead atoms. The molecule has 4 heteroatoms. The van der Waals surface area contributed by atoms with Crippen LogP contribution < -0.4 is 0 Å². The Balaban J connectivity index is 1.40. The van der Waals surface area contributed by atoms with Crippen LogP contribution in [0.15, 0.2) is 84.9 Å². The van der Waals surface area contributed by atoms with Crippen molar-refractivity contribution in [3.8, 4) is 0 Å². The van der Waals surface area contributed by atoms with Gasteiger partial charge in [0.2, 0.25) is 0 Å². The number of halogens is 2. The van der Waals surface area contributed by atoms with Crippen LogP contribution in [-0.4, -0.2) is 42.5 Å². The lowest BCUT2D eigenvalue weighted by molar-refractivity contribution is 0.118. The molecule has 0 aromatic heterocycles. The van der Waals surface area contributed by atoms with Crippen molar-refractivity contribution in [3.63, 3.8) is 0 Å². The molecule has 0 N–H and O–H groups in total. The van der Waals surface area contributed by atoms with Crippen LogP contribution in [0.25, 0.3) is 6.08 Å². The first-order valence-electron chi connectivity index (χ1n) is 10.4. The van der Waals surface area contributed by atoms with E-state index in [1.807, 2.05) is 24.3 Å². The first-order chi connectivity index (χ1) is 14.7. The molecule has 1 atom stereocenters. The van der Waals surface area contributed by atoms with E-state index in [1.165, 1.54) is 17.7 Å². The Morgan fingerprint density at radius 2 is 1.27 bits per heavy atom. The van der Waals surface area contributed by atoms with Crippen molar-refractivity contribution >= 4 is 6.08 Å². The Bertz CT molecular complexity index is 945. The average Bonchev–Trinajstić information content (AvgIpc) is 2.78. The van der Waals surface area contributed by atoms with Crippen molar-refractivity contribution in [1.82, 2.24) is 9.80 Å². The van der Waals surface area contributed by atoms with E-state index in [-0.39, 0.29) is 17.7 Å². The molecule has 1 aliphatic heterocycles. The minimum Gasteiger partial charge on any atom is -0.297 e. The fourth-order valence-corrected chi connectivity index (χ4v) is 4.01. The van der Waals surface area contributed by atoms with Gasteiger partial charge in [0.25, 0.3) is 0 Å². The molecular formula is C26H26F2N2. The van der Waals surface area contributed by atoms with Gasteiger partial charge in [-0.15, -0.1) is 0 Å². The molecule has 0 saturated carbocycles. The molecule has 1 unspecified atom stereocenters. The quantitative estimate of drug-likeness (QED) is 0.544. The van der Waals surface area contributed by atoms with E-state index in [4.69, 9.17) is 0 Å². The highest BCUT2D eigenvalue weighted by Crippen LogP contribution is 2.29. The van der Waals surface area contributed by atoms with Gasteiger partial charge in [-0.2, -0.15) is 0 Å². The highest BCUT2D eigenvalue weighted by molar-refractivity contribution is 5.49. The van der Waals surface area contributed by atoms with Crippen molar-refractivity contribution in [2.24, 2.45) is 0 Å². The standard InChI is InChI=1S/C26H26F2N2/c27-24-12-8-21(9-13-24)5-4-16-29-17-19-30(20-18-29)26(22-6-2-1-3-7-22)23-10-14-25(28)15-11-23/h1-15,26H,16-20H2/b5-4+. The minimum atomic E-state index is -0.211. The van der Waals surface area contributed by atoms with Gasteiger partial charge >= 0.3 is 0 Å². The van der Waals surface area contributed by atoms with Gasteiger partial charge in [0.15, 0.2) is 0 Å². The second-order valence-electron chi connectivity index (χ2n) is 7.66. The summed E-state index contributed by atoms with van der Waals surface area (Å²) in [6.07, 6.45) is 4.18. The number of rotatable bonds is 6. The smallest absolute Gasteiger partial charge is 0.123 e. The first-order valence-corrected chi connectivity index (χ1v) is 10.4. The molecule has 0 amide bonds. The predicted molar refractivity (Wildman–Crippen MR) is 118 cm³/mol. The Labute approximate surface area is 177 Å². The molecule has 1 heterocycles. The van der Waals surface area contributed by atoms with Gasteiger partial charge in [-0.05, 0) is 41.0 Å². The summed E-state index contributed by atoms with van der Waals surface area (Å²) in [7, 11) is 0. The van der Waals surface area contributed by atoms with Crippen LogP contribution in [-0.2, 0) is 0 Å². The van der Waals surface area contributed by atoms with Gasteiger partial charge in [-0.1, -0.05) is 66.7 Å². The van der Waals surface area contributed by atoms with Crippen LogP contribution in [0.3, 0.4) is 0 Å². The third kappa shape index (κ3) is 5.21. The van der Waals surface area contributed by atoms with E-state index in [9.17, 15) is 8.78 Å². The maximum atomic E-state index is 13.5. The van der Waals surface area contributed by atoms with Crippen molar-refractivity contribution in [3.05, 3.63) is 113 Å². The van der Waals surface area contributed by atoms with Crippen molar-refractivity contribution in [1.29, 1.82) is 0 Å². The minimum absolute atomic E-state index is 0.128. The van der Waals surface area contributed by atoms with Gasteiger partial charge in [0.1, 0.15) is 11.6 Å². The van der Waals surface area contributed by atoms with E-state index >= 15 is 0 Å². The lowest BCUT2D eigenvalue weighted by Crippen LogP contribution is -2.47. The number of piperazine rings is 1. The molecule has 0 spiro atoms. The number of benzene rings is 3. The van der Waals surface area contributed by atoms with E-state index < -0.39 is 0 Å². The van der Waals surface area contributed by atoms with Crippen molar-refractivity contribution in [2.45, 2.75) is 6.04 Å². The molecule has 154 valence electrons. The number of nitrogens with zero attached hydrogens (tertiary/aromatic N) is 2. The summed E-state index contributed by atoms with van der Waals surface area (Å²) in [6, 6.07) is 24.0. The fourth-order valence-electron chi connectivity index (χ4n) is 4.01. The zero-order valence-electron chi connectivity index (χ0n) is 16.9. The summed E-state index contributed by atoms with van der Waals surface area (Å²) in [4.78, 5) is 4.89. The fraction of sp³-hybridized carbons (Fsp3) is 0.231. The van der Waals surface area contributed by atoms with Crippen molar-refractivity contribution in [2.75, 3.05) is 32.7 Å². The van der Waals surface area contributed by atoms with E-state index in [0.29, 0.717) is 0 Å². The van der Waals surface area contributed by atoms with Gasteiger partial charge in [-0.3, -0.25) is 9.80 Å². The molecule has 3 aromatic rings. The zero-order chi connectivity index (χ0) is 20.8. The zero-order valence-corrected chi connectivity index (χ0v) is 16.9. The summed E-state index contributed by atoms with van der Waals surface area (Å²) in [5, 5.41) is 0. The molecule has 1 aliphatic rings. The highest BCUT2D eigenvalue weighted by atomic mass is 19.1. The average molecular weight is 405 g/mol. The third-order valence-corrected chi connectivity index (χ3v) is 5.62. The third-order valence-electron chi connectivity index (χ3n) is 5.62. The Morgan fingerprint density at radius 1 is 0.700 bits per heavy atom. The Kier molecular flexibility index (Phi) is 6.67. The van der Waals surface area contributed by atoms with Crippen LogP contribution in [0.1, 0.15) is 22.7 Å². The second-order valence-corrected chi connectivity index (χ2v) is 7.66. The lowest BCUT2D eigenvalue weighted by atomic mass is 9.96. The van der Waals surface area contributed by atoms with Crippen molar-refractivity contribution < 1.29 is 8.78 Å². The molecule has 1 fully saturated rings. The van der Waals surface area contributed by atoms with E-state index in [0.717, 1.165) is 43.9 Å². The van der Waals surface area contributed by atoms with Crippen LogP contribution in [0, 0.1) is 11.6 Å². The summed E-state index contributed by atoms with van der Waals surface area (Å²) in [6.45, 7) is 4.71. The molecule has 0 aliphatic carbocycles. The summed E-state index contributed by atoms with van der Waals surface area (Å²) < 4.78 is 26.5. The molecule has 2 nitrogen and oxygen atoms in total. The second kappa shape index (κ2) is 9.79. The van der Waals surface area contributed by atoms with Crippen LogP contribution in [0.2, 0.25) is 0 Å². The maximum absolute atomic E-state index is 13.5. The monoisotopic (exact) mass is 404 g/mol. The van der Waals surface area contributed by atoms with Gasteiger partial charge in [0.05, 0.1) is 6.04 Å². The molecule has 4 rings (SSSR count). The van der Waals surface area contributed by atoms with Crippen LogP contribution in [0.5, 0.6) is 0 Å². The Hall–Kier alpha value is -2.82. The molecule has 30 heavy (non-hydrogen) atoms. The van der Waals surface area contributed by atoms with Gasteiger partial charge in [0, 0.05) is 32.7 Å². The number of hydrogen-bond donors (Lipinski definition) is 0. The summed E-state index contributed by atoms with van der Waals surface area (Å²) in [5.41, 5.74) is 3.36. The van der Waals surface area contributed by atoms with Crippen LogP contribution in [0.4, 0.5) is 8.78 Å². The first kappa shape index (κ1) is 20.5. The molecule has 1 saturated heterocycles. The molecule has 3 aromatic carbocycles. The predicted octanol–water partition coefficient (Wildman–Crippen LogP) is 5.39. The number of hydrogen-bond acceptors (Lipinski definition) is 2. The highest BCUT2D eigenvalue weighted by Gasteiger charge is 2.26. The van der Waals surface area contributed by atoms with Crippen LogP contribution >= 0.6 is 0 Å². The summed E-state index contributed by atoms with van der Waals surface area (Å²) in [5.74, 6) is -0.416. The normalized spacial score (nSPS) is 16.7. The maximum Gasteiger partial charge on any atom is 0.123 e.